The highest BCUT2D eigenvalue weighted by molar-refractivity contribution is 5.77. The summed E-state index contributed by atoms with van der Waals surface area (Å²) in [7, 11) is 0. The van der Waals surface area contributed by atoms with Crippen molar-refractivity contribution < 1.29 is 4.79 Å². The molecular formula is C11H18N4O. The molecule has 0 aromatic carbocycles. The van der Waals surface area contributed by atoms with E-state index in [2.05, 4.69) is 10.0 Å². The molecular weight excluding hydrogens is 204 g/mol. The lowest BCUT2D eigenvalue weighted by Crippen LogP contribution is -2.52. The molecule has 0 aromatic rings. The van der Waals surface area contributed by atoms with Crippen LogP contribution in [-0.4, -0.2) is 29.9 Å². The molecule has 0 atom stereocenters. The predicted octanol–water partition coefficient (Wildman–Crippen LogP) is 2.48. The lowest BCUT2D eigenvalue weighted by atomic mass is 9.86. The first-order valence-corrected chi connectivity index (χ1v) is 6.11. The zero-order chi connectivity index (χ0) is 11.4. The van der Waals surface area contributed by atoms with Crippen LogP contribution in [0.2, 0.25) is 0 Å². The number of amides is 1. The van der Waals surface area contributed by atoms with Gasteiger partial charge in [-0.2, -0.15) is 0 Å². The third-order valence-corrected chi connectivity index (χ3v) is 3.62. The van der Waals surface area contributed by atoms with Crippen molar-refractivity contribution in [1.82, 2.24) is 4.90 Å². The van der Waals surface area contributed by atoms with Crippen molar-refractivity contribution in [2.75, 3.05) is 13.1 Å². The van der Waals surface area contributed by atoms with Crippen LogP contribution >= 0.6 is 0 Å². The summed E-state index contributed by atoms with van der Waals surface area (Å²) in [6.45, 7) is 1.24. The summed E-state index contributed by atoms with van der Waals surface area (Å²) in [4.78, 5) is 16.4. The second kappa shape index (κ2) is 5.21. The van der Waals surface area contributed by atoms with Crippen LogP contribution in [0, 0.1) is 5.92 Å². The fourth-order valence-electron chi connectivity index (χ4n) is 2.57. The standard InChI is InChI=1S/C11H18N4O/c12-14-13-10-7-15(8-10)11(16)6-9-4-2-1-3-5-9/h9-10H,1-8H2. The fraction of sp³-hybridized carbons (Fsp3) is 0.909. The number of hydrogen-bond donors (Lipinski definition) is 0. The highest BCUT2D eigenvalue weighted by Crippen LogP contribution is 2.27. The summed E-state index contributed by atoms with van der Waals surface area (Å²) < 4.78 is 0. The Balaban J connectivity index is 1.70. The maximum atomic E-state index is 11.8. The van der Waals surface area contributed by atoms with Crippen molar-refractivity contribution in [3.05, 3.63) is 10.4 Å². The summed E-state index contributed by atoms with van der Waals surface area (Å²) >= 11 is 0. The molecule has 2 fully saturated rings. The van der Waals surface area contributed by atoms with Gasteiger partial charge in [0.25, 0.3) is 0 Å². The predicted molar refractivity (Wildman–Crippen MR) is 60.7 cm³/mol. The third kappa shape index (κ3) is 2.67. The monoisotopic (exact) mass is 222 g/mol. The van der Waals surface area contributed by atoms with E-state index in [-0.39, 0.29) is 11.9 Å². The number of likely N-dealkylation sites (tertiary alicyclic amines) is 1. The zero-order valence-corrected chi connectivity index (χ0v) is 9.51. The van der Waals surface area contributed by atoms with Crippen LogP contribution in [0.4, 0.5) is 0 Å². The first kappa shape index (κ1) is 11.3. The summed E-state index contributed by atoms with van der Waals surface area (Å²) in [6, 6.07) is 0.0142. The second-order valence-electron chi connectivity index (χ2n) is 4.87. The molecule has 88 valence electrons. The molecule has 16 heavy (non-hydrogen) atoms. The first-order valence-electron chi connectivity index (χ1n) is 6.11. The Kier molecular flexibility index (Phi) is 3.67. The molecule has 0 unspecified atom stereocenters. The van der Waals surface area contributed by atoms with Crippen molar-refractivity contribution in [3.63, 3.8) is 0 Å². The molecule has 0 bridgehead atoms. The van der Waals surface area contributed by atoms with Crippen LogP contribution < -0.4 is 0 Å². The SMILES string of the molecule is [N-]=[N+]=NC1CN(C(=O)CC2CCCCC2)C1. The van der Waals surface area contributed by atoms with Gasteiger partial charge in [-0.3, -0.25) is 4.79 Å². The van der Waals surface area contributed by atoms with Gasteiger partial charge >= 0.3 is 0 Å². The first-order chi connectivity index (χ1) is 7.79. The van der Waals surface area contributed by atoms with Crippen molar-refractivity contribution in [3.8, 4) is 0 Å². The lowest BCUT2D eigenvalue weighted by Gasteiger charge is -2.37. The molecule has 1 heterocycles. The molecule has 1 saturated carbocycles. The van der Waals surface area contributed by atoms with Crippen LogP contribution in [0.5, 0.6) is 0 Å². The van der Waals surface area contributed by atoms with E-state index in [0.29, 0.717) is 25.4 Å². The molecule has 1 aliphatic carbocycles. The van der Waals surface area contributed by atoms with Crippen LogP contribution in [0.3, 0.4) is 0 Å². The van der Waals surface area contributed by atoms with Crippen LogP contribution in [0.15, 0.2) is 5.11 Å². The van der Waals surface area contributed by atoms with Crippen molar-refractivity contribution in [2.24, 2.45) is 11.0 Å². The molecule has 1 aliphatic heterocycles. The van der Waals surface area contributed by atoms with E-state index in [0.717, 1.165) is 0 Å². The average molecular weight is 222 g/mol. The highest BCUT2D eigenvalue weighted by atomic mass is 16.2. The molecule has 2 aliphatic rings. The summed E-state index contributed by atoms with van der Waals surface area (Å²) in [5.74, 6) is 0.844. The van der Waals surface area contributed by atoms with Crippen molar-refractivity contribution in [1.29, 1.82) is 0 Å². The summed E-state index contributed by atoms with van der Waals surface area (Å²) in [6.07, 6.45) is 6.99. The second-order valence-corrected chi connectivity index (χ2v) is 4.87. The average Bonchev–Trinajstić information content (AvgIpc) is 2.24. The highest BCUT2D eigenvalue weighted by Gasteiger charge is 2.30. The van der Waals surface area contributed by atoms with Crippen LogP contribution in [0.1, 0.15) is 38.5 Å². The molecule has 0 radical (unpaired) electrons. The Labute approximate surface area is 95.4 Å². The Morgan fingerprint density at radius 2 is 2.00 bits per heavy atom. The fourth-order valence-corrected chi connectivity index (χ4v) is 2.57. The minimum Gasteiger partial charge on any atom is -0.342 e. The van der Waals surface area contributed by atoms with Gasteiger partial charge in [-0.05, 0) is 24.3 Å². The normalized spacial score (nSPS) is 22.4. The summed E-state index contributed by atoms with van der Waals surface area (Å²) in [5.41, 5.74) is 8.24. The van der Waals surface area contributed by atoms with E-state index in [1.54, 1.807) is 0 Å². The van der Waals surface area contributed by atoms with Gasteiger partial charge in [0, 0.05) is 24.4 Å². The van der Waals surface area contributed by atoms with Gasteiger partial charge in [0.15, 0.2) is 0 Å². The van der Waals surface area contributed by atoms with Gasteiger partial charge < -0.3 is 4.90 Å². The van der Waals surface area contributed by atoms with Crippen LogP contribution in [0.25, 0.3) is 10.4 Å². The van der Waals surface area contributed by atoms with Gasteiger partial charge in [-0.1, -0.05) is 24.4 Å². The Hall–Kier alpha value is -1.22. The molecule has 0 N–H and O–H groups in total. The Morgan fingerprint density at radius 1 is 1.31 bits per heavy atom. The number of nitrogens with zero attached hydrogens (tertiary/aromatic N) is 4. The minimum absolute atomic E-state index is 0.0142. The number of hydrogen-bond acceptors (Lipinski definition) is 2. The van der Waals surface area contributed by atoms with E-state index >= 15 is 0 Å². The van der Waals surface area contributed by atoms with Gasteiger partial charge in [0.05, 0.1) is 6.04 Å². The Bertz CT molecular complexity index is 299. The molecule has 5 nitrogen and oxygen atoms in total. The Morgan fingerprint density at radius 3 is 2.62 bits per heavy atom. The van der Waals surface area contributed by atoms with E-state index in [9.17, 15) is 4.79 Å². The zero-order valence-electron chi connectivity index (χ0n) is 9.51. The van der Waals surface area contributed by atoms with Crippen LogP contribution in [-0.2, 0) is 4.79 Å². The largest absolute Gasteiger partial charge is 0.342 e. The van der Waals surface area contributed by atoms with Gasteiger partial charge in [-0.15, -0.1) is 0 Å². The topological polar surface area (TPSA) is 69.1 Å². The van der Waals surface area contributed by atoms with Gasteiger partial charge in [0.1, 0.15) is 0 Å². The molecule has 0 aromatic heterocycles. The van der Waals surface area contributed by atoms with E-state index in [1.165, 1.54) is 32.1 Å². The number of rotatable bonds is 3. The number of carbonyl (C=O) groups excluding carboxylic acids is 1. The third-order valence-electron chi connectivity index (χ3n) is 3.62. The number of azide groups is 1. The van der Waals surface area contributed by atoms with E-state index in [1.807, 2.05) is 4.90 Å². The smallest absolute Gasteiger partial charge is 0.222 e. The van der Waals surface area contributed by atoms with E-state index < -0.39 is 0 Å². The van der Waals surface area contributed by atoms with Gasteiger partial charge in [0.2, 0.25) is 5.91 Å². The maximum absolute atomic E-state index is 11.8. The molecule has 0 spiro atoms. The molecule has 1 saturated heterocycles. The lowest BCUT2D eigenvalue weighted by molar-refractivity contribution is -0.136. The maximum Gasteiger partial charge on any atom is 0.222 e. The minimum atomic E-state index is 0.0142. The molecule has 2 rings (SSSR count). The van der Waals surface area contributed by atoms with Crippen molar-refractivity contribution in [2.45, 2.75) is 44.6 Å². The van der Waals surface area contributed by atoms with E-state index in [4.69, 9.17) is 5.53 Å². The quantitative estimate of drug-likeness (QED) is 0.411. The molecule has 5 heteroatoms. The van der Waals surface area contributed by atoms with Gasteiger partial charge in [-0.25, -0.2) is 0 Å². The number of carbonyl (C=O) groups is 1. The van der Waals surface area contributed by atoms with Crippen molar-refractivity contribution >= 4 is 5.91 Å². The summed E-state index contributed by atoms with van der Waals surface area (Å²) in [5, 5.41) is 3.60. The molecule has 1 amide bonds.